The second kappa shape index (κ2) is 11.1. The molecule has 4 rings (SSSR count). The lowest BCUT2D eigenvalue weighted by atomic mass is 10.1. The Morgan fingerprint density at radius 2 is 1.88 bits per heavy atom. The van der Waals surface area contributed by atoms with Gasteiger partial charge in [-0.1, -0.05) is 12.7 Å². The molecular weight excluding hydrogens is 426 g/mol. The Bertz CT molecular complexity index is 1180. The average Bonchev–Trinajstić information content (AvgIpc) is 2.86. The summed E-state index contributed by atoms with van der Waals surface area (Å²) >= 11 is 0. The monoisotopic (exact) mass is 455 g/mol. The molecule has 0 unspecified atom stereocenters. The number of nitrogens with two attached hydrogens (primary N) is 1. The third-order valence-electron chi connectivity index (χ3n) is 5.31. The number of nitrogens with one attached hydrogen (secondary N) is 1. The molecule has 3 heterocycles. The van der Waals surface area contributed by atoms with Gasteiger partial charge in [0.25, 0.3) is 0 Å². The summed E-state index contributed by atoms with van der Waals surface area (Å²) in [5.74, 6) is 3.16. The number of rotatable bonds is 8. The predicted molar refractivity (Wildman–Crippen MR) is 139 cm³/mol. The third kappa shape index (κ3) is 6.19. The zero-order valence-electron chi connectivity index (χ0n) is 19.3. The van der Waals surface area contributed by atoms with Gasteiger partial charge in [-0.2, -0.15) is 4.98 Å². The van der Waals surface area contributed by atoms with Crippen LogP contribution in [0.2, 0.25) is 0 Å². The topological polar surface area (TPSA) is 102 Å². The number of anilines is 4. The van der Waals surface area contributed by atoms with E-state index in [4.69, 9.17) is 10.5 Å². The molecule has 2 aromatic heterocycles. The fraction of sp³-hybridized carbons (Fsp3) is 0.231. The van der Waals surface area contributed by atoms with Crippen molar-refractivity contribution in [3.63, 3.8) is 0 Å². The second-order valence-electron chi connectivity index (χ2n) is 7.90. The highest BCUT2D eigenvalue weighted by Gasteiger charge is 2.13. The van der Waals surface area contributed by atoms with Crippen LogP contribution in [0.3, 0.4) is 0 Å². The molecule has 0 saturated carbocycles. The SMILES string of the molecule is C=C(N=C/C=C\C)c1cc(Nc2ccc(Oc3ccnc(N4CCCCC4)c3)cc2)nc(N)n1. The summed E-state index contributed by atoms with van der Waals surface area (Å²) in [7, 11) is 0. The van der Waals surface area contributed by atoms with E-state index in [1.807, 2.05) is 55.5 Å². The second-order valence-corrected chi connectivity index (χ2v) is 7.90. The molecule has 1 saturated heterocycles. The minimum Gasteiger partial charge on any atom is -0.457 e. The van der Waals surface area contributed by atoms with Crippen LogP contribution in [0.4, 0.5) is 23.3 Å². The molecule has 0 atom stereocenters. The van der Waals surface area contributed by atoms with Crippen molar-refractivity contribution in [3.05, 3.63) is 73.1 Å². The van der Waals surface area contributed by atoms with E-state index < -0.39 is 0 Å². The Hall–Kier alpha value is -4.20. The van der Waals surface area contributed by atoms with Gasteiger partial charge in [0.15, 0.2) is 0 Å². The normalized spacial score (nSPS) is 14.0. The van der Waals surface area contributed by atoms with E-state index in [0.717, 1.165) is 36.1 Å². The molecule has 8 heteroatoms. The zero-order valence-corrected chi connectivity index (χ0v) is 19.3. The van der Waals surface area contributed by atoms with E-state index >= 15 is 0 Å². The van der Waals surface area contributed by atoms with Gasteiger partial charge in [-0.25, -0.2) is 9.97 Å². The highest BCUT2D eigenvalue weighted by atomic mass is 16.5. The van der Waals surface area contributed by atoms with E-state index in [0.29, 0.717) is 17.2 Å². The van der Waals surface area contributed by atoms with Crippen molar-refractivity contribution in [2.24, 2.45) is 4.99 Å². The fourth-order valence-corrected chi connectivity index (χ4v) is 3.61. The molecule has 0 spiro atoms. The van der Waals surface area contributed by atoms with Gasteiger partial charge in [0.2, 0.25) is 5.95 Å². The molecule has 174 valence electrons. The van der Waals surface area contributed by atoms with E-state index in [-0.39, 0.29) is 5.95 Å². The molecule has 1 fully saturated rings. The van der Waals surface area contributed by atoms with Gasteiger partial charge in [0.05, 0.1) is 11.4 Å². The standard InChI is InChI=1S/C26H29N7O/c1-3-4-13-28-19(2)23-18-24(32-26(27)31-23)30-20-8-10-21(11-9-20)34-22-12-14-29-25(17-22)33-15-6-5-7-16-33/h3-4,8-14,17-18H,2,5-7,15-16H2,1H3,(H3,27,30,31,32)/b4-3-,28-13?. The maximum absolute atomic E-state index is 6.06. The third-order valence-corrected chi connectivity index (χ3v) is 5.31. The number of benzene rings is 1. The smallest absolute Gasteiger partial charge is 0.222 e. The van der Waals surface area contributed by atoms with Gasteiger partial charge in [-0.15, -0.1) is 0 Å². The number of piperidine rings is 1. The first-order valence-electron chi connectivity index (χ1n) is 11.4. The van der Waals surface area contributed by atoms with Crippen LogP contribution in [0.1, 0.15) is 31.9 Å². The first-order chi connectivity index (χ1) is 16.6. The molecule has 1 aliphatic rings. The van der Waals surface area contributed by atoms with Crippen LogP contribution in [0.25, 0.3) is 5.70 Å². The minimum absolute atomic E-state index is 0.143. The molecule has 34 heavy (non-hydrogen) atoms. The molecule has 0 bridgehead atoms. The van der Waals surface area contributed by atoms with Crippen LogP contribution in [0.5, 0.6) is 11.5 Å². The highest BCUT2D eigenvalue weighted by molar-refractivity contribution is 5.79. The van der Waals surface area contributed by atoms with Gasteiger partial charge < -0.3 is 20.7 Å². The summed E-state index contributed by atoms with van der Waals surface area (Å²) in [5.41, 5.74) is 7.77. The minimum atomic E-state index is 0.143. The Balaban J connectivity index is 1.42. The summed E-state index contributed by atoms with van der Waals surface area (Å²) in [6.07, 6.45) is 10.9. The highest BCUT2D eigenvalue weighted by Crippen LogP contribution is 2.28. The first kappa shape index (κ1) is 23.0. The Kier molecular flexibility index (Phi) is 7.49. The number of pyridine rings is 1. The quantitative estimate of drug-likeness (QED) is 0.426. The molecule has 3 N–H and O–H groups in total. The van der Waals surface area contributed by atoms with Crippen LogP contribution >= 0.6 is 0 Å². The Labute approximate surface area is 199 Å². The molecule has 8 nitrogen and oxygen atoms in total. The van der Waals surface area contributed by atoms with Crippen molar-refractivity contribution in [1.29, 1.82) is 0 Å². The maximum atomic E-state index is 6.06. The van der Waals surface area contributed by atoms with Gasteiger partial charge in [-0.3, -0.25) is 4.99 Å². The number of nitrogen functional groups attached to an aromatic ring is 1. The van der Waals surface area contributed by atoms with Crippen LogP contribution in [0, 0.1) is 0 Å². The lowest BCUT2D eigenvalue weighted by molar-refractivity contribution is 0.481. The zero-order chi connectivity index (χ0) is 23.8. The Morgan fingerprint density at radius 1 is 1.09 bits per heavy atom. The number of hydrogen-bond acceptors (Lipinski definition) is 8. The number of nitrogens with zero attached hydrogens (tertiary/aromatic N) is 5. The van der Waals surface area contributed by atoms with E-state index in [2.05, 4.69) is 36.7 Å². The van der Waals surface area contributed by atoms with Crippen molar-refractivity contribution in [3.8, 4) is 11.5 Å². The van der Waals surface area contributed by atoms with Crippen molar-refractivity contribution < 1.29 is 4.74 Å². The van der Waals surface area contributed by atoms with Crippen LogP contribution in [-0.2, 0) is 0 Å². The molecule has 3 aromatic rings. The molecule has 0 amide bonds. The molecule has 0 aliphatic carbocycles. The van der Waals surface area contributed by atoms with Crippen LogP contribution in [0.15, 0.2) is 72.4 Å². The molecular formula is C26H29N7O. The maximum Gasteiger partial charge on any atom is 0.222 e. The predicted octanol–water partition coefficient (Wildman–Crippen LogP) is 5.60. The number of hydrogen-bond donors (Lipinski definition) is 2. The molecule has 1 aromatic carbocycles. The number of aromatic nitrogens is 3. The van der Waals surface area contributed by atoms with E-state index in [9.17, 15) is 0 Å². The van der Waals surface area contributed by atoms with Gasteiger partial charge in [-0.05, 0) is 62.6 Å². The number of ether oxygens (including phenoxy) is 1. The van der Waals surface area contributed by atoms with Crippen LogP contribution < -0.4 is 20.7 Å². The van der Waals surface area contributed by atoms with Gasteiger partial charge >= 0.3 is 0 Å². The number of allylic oxidation sites excluding steroid dienone is 2. The van der Waals surface area contributed by atoms with Crippen molar-refractivity contribution in [2.45, 2.75) is 26.2 Å². The van der Waals surface area contributed by atoms with Crippen molar-refractivity contribution >= 4 is 35.2 Å². The Morgan fingerprint density at radius 3 is 2.65 bits per heavy atom. The summed E-state index contributed by atoms with van der Waals surface area (Å²) < 4.78 is 6.06. The summed E-state index contributed by atoms with van der Waals surface area (Å²) in [5, 5.41) is 3.24. The lowest BCUT2D eigenvalue weighted by Crippen LogP contribution is -2.30. The van der Waals surface area contributed by atoms with E-state index in [1.165, 1.54) is 19.3 Å². The fourth-order valence-electron chi connectivity index (χ4n) is 3.61. The van der Waals surface area contributed by atoms with Crippen molar-refractivity contribution in [1.82, 2.24) is 15.0 Å². The summed E-state index contributed by atoms with van der Waals surface area (Å²) in [6, 6.07) is 13.3. The van der Waals surface area contributed by atoms with E-state index in [1.54, 1.807) is 18.5 Å². The lowest BCUT2D eigenvalue weighted by Gasteiger charge is -2.27. The summed E-state index contributed by atoms with van der Waals surface area (Å²) in [6.45, 7) is 7.95. The van der Waals surface area contributed by atoms with Gasteiger partial charge in [0, 0.05) is 43.3 Å². The number of aliphatic imine (C=N–C) groups is 1. The summed E-state index contributed by atoms with van der Waals surface area (Å²) in [4.78, 5) is 19.6. The largest absolute Gasteiger partial charge is 0.457 e. The first-order valence-corrected chi connectivity index (χ1v) is 11.4. The molecule has 1 aliphatic heterocycles. The average molecular weight is 456 g/mol. The van der Waals surface area contributed by atoms with Crippen molar-refractivity contribution in [2.75, 3.05) is 29.0 Å². The molecule has 0 radical (unpaired) electrons. The van der Waals surface area contributed by atoms with Crippen LogP contribution in [-0.4, -0.2) is 34.3 Å². The van der Waals surface area contributed by atoms with Gasteiger partial charge in [0.1, 0.15) is 23.1 Å².